The van der Waals surface area contributed by atoms with Crippen LogP contribution in [0.5, 0.6) is 0 Å². The summed E-state index contributed by atoms with van der Waals surface area (Å²) < 4.78 is 13.4. The van der Waals surface area contributed by atoms with E-state index in [-0.39, 0.29) is 11.0 Å². The second kappa shape index (κ2) is 8.19. The minimum atomic E-state index is -0.489. The van der Waals surface area contributed by atoms with Crippen LogP contribution in [0.2, 0.25) is 5.02 Å². The van der Waals surface area contributed by atoms with E-state index in [0.717, 1.165) is 12.1 Å². The summed E-state index contributed by atoms with van der Waals surface area (Å²) in [5, 5.41) is 3.28. The summed E-state index contributed by atoms with van der Waals surface area (Å²) >= 11 is 5.84. The fraction of sp³-hybridized carbons (Fsp3) is 0.105. The van der Waals surface area contributed by atoms with Crippen LogP contribution in [0.25, 0.3) is 22.5 Å². The Hall–Kier alpha value is -3.59. The largest absolute Gasteiger partial charge is 0.369 e. The lowest BCUT2D eigenvalue weighted by molar-refractivity contribution is 0.628. The summed E-state index contributed by atoms with van der Waals surface area (Å²) in [7, 11) is 0. The molecule has 0 aliphatic carbocycles. The summed E-state index contributed by atoms with van der Waals surface area (Å²) in [5.74, 6) is 0.687. The molecule has 0 aliphatic heterocycles. The Morgan fingerprint density at radius 1 is 1.07 bits per heavy atom. The molecule has 4 rings (SSSR count). The average molecular weight is 411 g/mol. The first-order valence-corrected chi connectivity index (χ1v) is 9.09. The third-order valence-corrected chi connectivity index (χ3v) is 4.48. The number of hydrogen-bond acceptors (Lipinski definition) is 7. The highest BCUT2D eigenvalue weighted by Gasteiger charge is 2.11. The number of H-pyrrole nitrogens is 1. The zero-order chi connectivity index (χ0) is 20.2. The van der Waals surface area contributed by atoms with Gasteiger partial charge in [-0.1, -0.05) is 11.6 Å². The molecule has 3 aromatic heterocycles. The van der Waals surface area contributed by atoms with Crippen LogP contribution in [0.3, 0.4) is 0 Å². The molecule has 10 heteroatoms. The lowest BCUT2D eigenvalue weighted by Gasteiger charge is -2.11. The highest BCUT2D eigenvalue weighted by Crippen LogP contribution is 2.27. The summed E-state index contributed by atoms with van der Waals surface area (Å²) in [4.78, 5) is 24.1. The Morgan fingerprint density at radius 3 is 2.62 bits per heavy atom. The number of aromatic amines is 1. The van der Waals surface area contributed by atoms with E-state index in [1.807, 2.05) is 0 Å². The highest BCUT2D eigenvalue weighted by atomic mass is 35.5. The molecule has 0 aliphatic rings. The summed E-state index contributed by atoms with van der Waals surface area (Å²) in [6.45, 7) is 0.624. The number of hydrogen-bond donors (Lipinski definition) is 3. The van der Waals surface area contributed by atoms with Crippen molar-refractivity contribution >= 4 is 23.4 Å². The molecule has 0 spiro atoms. The van der Waals surface area contributed by atoms with Gasteiger partial charge in [-0.2, -0.15) is 4.98 Å². The van der Waals surface area contributed by atoms with Crippen LogP contribution in [0.1, 0.15) is 5.69 Å². The Labute approximate surface area is 170 Å². The van der Waals surface area contributed by atoms with E-state index in [1.165, 1.54) is 12.1 Å². The number of aromatic nitrogens is 6. The van der Waals surface area contributed by atoms with Crippen LogP contribution in [-0.2, 0) is 6.42 Å². The van der Waals surface area contributed by atoms with Gasteiger partial charge < -0.3 is 16.0 Å². The van der Waals surface area contributed by atoms with Gasteiger partial charge in [0.2, 0.25) is 5.95 Å². The van der Waals surface area contributed by atoms with Crippen molar-refractivity contribution in [1.82, 2.24) is 29.9 Å². The molecule has 4 N–H and O–H groups in total. The molecule has 146 valence electrons. The standard InChI is InChI=1S/C19H16ClFN8/c20-15-5-11(1-2-16(15)21)17-25-6-12(7-26-17)14-9-27-19(22)29-18(14)24-4-3-13-8-23-10-28-13/h1-2,5-10H,3-4H2,(H,23,28)(H3,22,24,27,29). The lowest BCUT2D eigenvalue weighted by atomic mass is 10.1. The first-order chi connectivity index (χ1) is 14.1. The van der Waals surface area contributed by atoms with Crippen LogP contribution in [0.15, 0.2) is 49.3 Å². The third kappa shape index (κ3) is 4.30. The molecule has 1 aromatic carbocycles. The average Bonchev–Trinajstić information content (AvgIpc) is 3.24. The molecule has 0 saturated carbocycles. The van der Waals surface area contributed by atoms with Crippen molar-refractivity contribution in [1.29, 1.82) is 0 Å². The number of nitrogen functional groups attached to an aromatic ring is 1. The number of nitrogens with zero attached hydrogens (tertiary/aromatic N) is 5. The van der Waals surface area contributed by atoms with Crippen LogP contribution in [0.4, 0.5) is 16.2 Å². The molecule has 0 bridgehead atoms. The minimum absolute atomic E-state index is 0.0193. The third-order valence-electron chi connectivity index (χ3n) is 4.19. The fourth-order valence-electron chi connectivity index (χ4n) is 2.73. The minimum Gasteiger partial charge on any atom is -0.369 e. The van der Waals surface area contributed by atoms with Crippen LogP contribution >= 0.6 is 11.6 Å². The topological polar surface area (TPSA) is 118 Å². The maximum absolute atomic E-state index is 13.4. The van der Waals surface area contributed by atoms with Gasteiger partial charge in [0.05, 0.1) is 11.3 Å². The molecular weight excluding hydrogens is 395 g/mol. The molecule has 0 saturated heterocycles. The smallest absolute Gasteiger partial charge is 0.221 e. The molecule has 0 fully saturated rings. The van der Waals surface area contributed by atoms with Gasteiger partial charge in [-0.15, -0.1) is 0 Å². The van der Waals surface area contributed by atoms with Crippen molar-refractivity contribution in [2.75, 3.05) is 17.6 Å². The zero-order valence-electron chi connectivity index (χ0n) is 15.1. The van der Waals surface area contributed by atoms with E-state index in [0.29, 0.717) is 34.9 Å². The summed E-state index contributed by atoms with van der Waals surface area (Å²) in [6.07, 6.45) is 9.06. The molecule has 0 amide bonds. The van der Waals surface area contributed by atoms with Gasteiger partial charge in [0.15, 0.2) is 5.82 Å². The number of nitrogens with one attached hydrogen (secondary N) is 2. The quantitative estimate of drug-likeness (QED) is 0.446. The number of benzene rings is 1. The molecule has 4 aromatic rings. The molecule has 0 atom stereocenters. The first kappa shape index (κ1) is 18.8. The van der Waals surface area contributed by atoms with Gasteiger partial charge in [-0.05, 0) is 18.2 Å². The van der Waals surface area contributed by atoms with Crippen molar-refractivity contribution in [3.63, 3.8) is 0 Å². The predicted octanol–water partition coefficient (Wildman–Crippen LogP) is 3.35. The van der Waals surface area contributed by atoms with Crippen molar-refractivity contribution in [3.05, 3.63) is 65.8 Å². The number of halogens is 2. The lowest BCUT2D eigenvalue weighted by Crippen LogP contribution is -2.09. The normalized spacial score (nSPS) is 10.8. The second-order valence-corrected chi connectivity index (χ2v) is 6.58. The van der Waals surface area contributed by atoms with Crippen molar-refractivity contribution in [3.8, 4) is 22.5 Å². The fourth-order valence-corrected chi connectivity index (χ4v) is 2.91. The number of anilines is 2. The van der Waals surface area contributed by atoms with Crippen LogP contribution < -0.4 is 11.1 Å². The molecule has 0 unspecified atom stereocenters. The van der Waals surface area contributed by atoms with E-state index >= 15 is 0 Å². The maximum Gasteiger partial charge on any atom is 0.221 e. The van der Waals surface area contributed by atoms with Crippen molar-refractivity contribution in [2.45, 2.75) is 6.42 Å². The number of imidazole rings is 1. The van der Waals surface area contributed by atoms with E-state index in [4.69, 9.17) is 17.3 Å². The van der Waals surface area contributed by atoms with Gasteiger partial charge in [0, 0.05) is 60.1 Å². The van der Waals surface area contributed by atoms with Crippen molar-refractivity contribution in [2.24, 2.45) is 0 Å². The van der Waals surface area contributed by atoms with Crippen LogP contribution in [-0.4, -0.2) is 36.4 Å². The van der Waals surface area contributed by atoms with Gasteiger partial charge in [0.25, 0.3) is 0 Å². The molecule has 0 radical (unpaired) electrons. The van der Waals surface area contributed by atoms with Crippen LogP contribution in [0, 0.1) is 5.82 Å². The Kier molecular flexibility index (Phi) is 5.30. The van der Waals surface area contributed by atoms with Gasteiger partial charge in [-0.3, -0.25) is 0 Å². The van der Waals surface area contributed by atoms with Gasteiger partial charge in [0.1, 0.15) is 11.6 Å². The van der Waals surface area contributed by atoms with E-state index in [1.54, 1.807) is 37.2 Å². The number of rotatable bonds is 6. The second-order valence-electron chi connectivity index (χ2n) is 6.17. The Bertz CT molecular complexity index is 1120. The van der Waals surface area contributed by atoms with E-state index in [9.17, 15) is 4.39 Å². The Morgan fingerprint density at radius 2 is 1.90 bits per heavy atom. The molecular formula is C19H16ClFN8. The molecule has 8 nitrogen and oxygen atoms in total. The SMILES string of the molecule is Nc1ncc(-c2cnc(-c3ccc(F)c(Cl)c3)nc2)c(NCCc2cnc[nH]2)n1. The van der Waals surface area contributed by atoms with Crippen molar-refractivity contribution < 1.29 is 4.39 Å². The monoisotopic (exact) mass is 410 g/mol. The summed E-state index contributed by atoms with van der Waals surface area (Å²) in [6, 6.07) is 4.34. The first-order valence-electron chi connectivity index (χ1n) is 8.71. The van der Waals surface area contributed by atoms with E-state index in [2.05, 4.69) is 35.2 Å². The predicted molar refractivity (Wildman–Crippen MR) is 109 cm³/mol. The number of nitrogens with two attached hydrogens (primary N) is 1. The summed E-state index contributed by atoms with van der Waals surface area (Å²) in [5.41, 5.74) is 8.80. The highest BCUT2D eigenvalue weighted by molar-refractivity contribution is 6.31. The van der Waals surface area contributed by atoms with Gasteiger partial charge >= 0.3 is 0 Å². The maximum atomic E-state index is 13.4. The van der Waals surface area contributed by atoms with Gasteiger partial charge in [-0.25, -0.2) is 24.3 Å². The van der Waals surface area contributed by atoms with E-state index < -0.39 is 5.82 Å². The zero-order valence-corrected chi connectivity index (χ0v) is 15.9. The Balaban J connectivity index is 1.56. The molecule has 29 heavy (non-hydrogen) atoms. The molecule has 3 heterocycles.